The predicted octanol–water partition coefficient (Wildman–Crippen LogP) is 2.94. The van der Waals surface area contributed by atoms with Crippen LogP contribution in [0.15, 0.2) is 12.1 Å². The van der Waals surface area contributed by atoms with Crippen molar-refractivity contribution < 1.29 is 0 Å². The highest BCUT2D eigenvalue weighted by Gasteiger charge is 2.42. The molecule has 0 amide bonds. The molecule has 0 spiro atoms. The summed E-state index contributed by atoms with van der Waals surface area (Å²) in [5, 5.41) is 0. The molecule has 1 aliphatic rings. The Morgan fingerprint density at radius 1 is 1.09 bits per heavy atom. The molecule has 11 heavy (non-hydrogen) atoms. The summed E-state index contributed by atoms with van der Waals surface area (Å²) in [6.45, 7) is 9.00. The standard InChI is InChI=1S/C11H14/c1-7-5-6-9-10(8(7)2)11(9,3)4/h5-6H,1-4H3. The Bertz CT molecular complexity index is 319. The summed E-state index contributed by atoms with van der Waals surface area (Å²) in [6, 6.07) is 4.49. The Morgan fingerprint density at radius 2 is 1.73 bits per heavy atom. The molecular weight excluding hydrogens is 132 g/mol. The third kappa shape index (κ3) is 0.699. The zero-order valence-corrected chi connectivity index (χ0v) is 7.65. The first-order valence-electron chi connectivity index (χ1n) is 4.16. The Hall–Kier alpha value is -0.780. The van der Waals surface area contributed by atoms with E-state index in [1.54, 1.807) is 11.1 Å². The fourth-order valence-corrected chi connectivity index (χ4v) is 1.99. The number of rotatable bonds is 0. The molecule has 0 saturated heterocycles. The van der Waals surface area contributed by atoms with Gasteiger partial charge in [0.15, 0.2) is 0 Å². The summed E-state index contributed by atoms with van der Waals surface area (Å²) in [4.78, 5) is 0. The minimum atomic E-state index is 0.387. The predicted molar refractivity (Wildman–Crippen MR) is 48.0 cm³/mol. The number of benzene rings is 1. The van der Waals surface area contributed by atoms with Crippen LogP contribution < -0.4 is 0 Å². The van der Waals surface area contributed by atoms with Gasteiger partial charge in [-0.25, -0.2) is 0 Å². The number of fused-ring (bicyclic) bond motifs is 1. The molecule has 0 aliphatic heterocycles. The van der Waals surface area contributed by atoms with Crippen LogP contribution in [0.5, 0.6) is 0 Å². The molecule has 0 atom stereocenters. The van der Waals surface area contributed by atoms with Gasteiger partial charge >= 0.3 is 0 Å². The Labute approximate surface area is 68.3 Å². The van der Waals surface area contributed by atoms with E-state index in [0.29, 0.717) is 5.41 Å². The number of hydrogen-bond acceptors (Lipinski definition) is 0. The second kappa shape index (κ2) is 1.69. The number of hydrogen-bond donors (Lipinski definition) is 0. The fraction of sp³-hybridized carbons (Fsp3) is 0.455. The Kier molecular flexibility index (Phi) is 1.06. The molecule has 58 valence electrons. The lowest BCUT2D eigenvalue weighted by molar-refractivity contribution is 0.789. The van der Waals surface area contributed by atoms with Gasteiger partial charge < -0.3 is 0 Å². The maximum atomic E-state index is 2.30. The average molecular weight is 146 g/mol. The van der Waals surface area contributed by atoms with Gasteiger partial charge in [-0.1, -0.05) is 26.0 Å². The minimum absolute atomic E-state index is 0.387. The van der Waals surface area contributed by atoms with Crippen molar-refractivity contribution in [1.29, 1.82) is 0 Å². The van der Waals surface area contributed by atoms with Gasteiger partial charge in [-0.05, 0) is 36.1 Å². The van der Waals surface area contributed by atoms with Crippen LogP contribution in [-0.4, -0.2) is 0 Å². The van der Waals surface area contributed by atoms with E-state index >= 15 is 0 Å². The monoisotopic (exact) mass is 146 g/mol. The van der Waals surface area contributed by atoms with Gasteiger partial charge in [0, 0.05) is 5.41 Å². The van der Waals surface area contributed by atoms with Crippen LogP contribution >= 0.6 is 0 Å². The first-order chi connectivity index (χ1) is 5.05. The van der Waals surface area contributed by atoms with Crippen LogP contribution in [0.25, 0.3) is 0 Å². The van der Waals surface area contributed by atoms with Crippen molar-refractivity contribution >= 4 is 0 Å². The molecule has 1 aromatic carbocycles. The van der Waals surface area contributed by atoms with Crippen molar-refractivity contribution in [2.45, 2.75) is 33.1 Å². The van der Waals surface area contributed by atoms with Crippen LogP contribution in [-0.2, 0) is 5.41 Å². The van der Waals surface area contributed by atoms with E-state index in [1.807, 2.05) is 0 Å². The molecule has 0 bridgehead atoms. The zero-order chi connectivity index (χ0) is 8.22. The molecule has 1 aliphatic carbocycles. The van der Waals surface area contributed by atoms with Crippen molar-refractivity contribution in [2.75, 3.05) is 0 Å². The third-order valence-electron chi connectivity index (χ3n) is 2.97. The van der Waals surface area contributed by atoms with Crippen LogP contribution in [0.4, 0.5) is 0 Å². The SMILES string of the molecule is Cc1ccc2c(c1C)C2(C)C. The van der Waals surface area contributed by atoms with Crippen LogP contribution in [0.3, 0.4) is 0 Å². The van der Waals surface area contributed by atoms with E-state index < -0.39 is 0 Å². The number of aryl methyl sites for hydroxylation is 1. The lowest BCUT2D eigenvalue weighted by atomic mass is 10.1. The van der Waals surface area contributed by atoms with Gasteiger partial charge in [0.25, 0.3) is 0 Å². The molecule has 0 saturated carbocycles. The molecule has 0 heterocycles. The van der Waals surface area contributed by atoms with Gasteiger partial charge in [-0.15, -0.1) is 0 Å². The topological polar surface area (TPSA) is 0 Å². The van der Waals surface area contributed by atoms with Gasteiger partial charge in [-0.2, -0.15) is 0 Å². The lowest BCUT2D eigenvalue weighted by Gasteiger charge is -1.98. The lowest BCUT2D eigenvalue weighted by Crippen LogP contribution is -1.91. The molecule has 0 heteroatoms. The van der Waals surface area contributed by atoms with E-state index in [9.17, 15) is 0 Å². The summed E-state index contributed by atoms with van der Waals surface area (Å²) in [5.74, 6) is 0. The van der Waals surface area contributed by atoms with E-state index in [2.05, 4.69) is 39.8 Å². The molecule has 0 fully saturated rings. The summed E-state index contributed by atoms with van der Waals surface area (Å²) in [7, 11) is 0. The highest BCUT2D eigenvalue weighted by atomic mass is 14.5. The maximum Gasteiger partial charge on any atom is 0.0155 e. The van der Waals surface area contributed by atoms with E-state index in [4.69, 9.17) is 0 Å². The van der Waals surface area contributed by atoms with Gasteiger partial charge in [0.05, 0.1) is 0 Å². The van der Waals surface area contributed by atoms with E-state index in [0.717, 1.165) is 0 Å². The molecule has 0 N–H and O–H groups in total. The van der Waals surface area contributed by atoms with Crippen molar-refractivity contribution in [2.24, 2.45) is 0 Å². The molecule has 1 aromatic rings. The highest BCUT2D eigenvalue weighted by Crippen LogP contribution is 2.51. The Morgan fingerprint density at radius 3 is 2.27 bits per heavy atom. The van der Waals surface area contributed by atoms with Crippen LogP contribution in [0.1, 0.15) is 36.1 Å². The largest absolute Gasteiger partial charge is 0.0587 e. The van der Waals surface area contributed by atoms with Crippen LogP contribution in [0.2, 0.25) is 0 Å². The molecule has 0 radical (unpaired) electrons. The second-order valence-electron chi connectivity index (χ2n) is 4.06. The summed E-state index contributed by atoms with van der Waals surface area (Å²) < 4.78 is 0. The van der Waals surface area contributed by atoms with Gasteiger partial charge in [-0.3, -0.25) is 0 Å². The van der Waals surface area contributed by atoms with Crippen LogP contribution in [0, 0.1) is 13.8 Å². The maximum absolute atomic E-state index is 2.30. The first-order valence-corrected chi connectivity index (χ1v) is 4.16. The van der Waals surface area contributed by atoms with E-state index in [-0.39, 0.29) is 0 Å². The summed E-state index contributed by atoms with van der Waals surface area (Å²) >= 11 is 0. The first kappa shape index (κ1) is 6.90. The molecular formula is C11H14. The highest BCUT2D eigenvalue weighted by molar-refractivity contribution is 5.63. The smallest absolute Gasteiger partial charge is 0.0155 e. The second-order valence-corrected chi connectivity index (χ2v) is 4.06. The Balaban J connectivity index is 2.65. The normalized spacial score (nSPS) is 17.8. The van der Waals surface area contributed by atoms with Crippen molar-refractivity contribution in [1.82, 2.24) is 0 Å². The quantitative estimate of drug-likeness (QED) is 0.528. The molecule has 0 aromatic heterocycles. The van der Waals surface area contributed by atoms with Gasteiger partial charge in [0.1, 0.15) is 0 Å². The molecule has 0 nitrogen and oxygen atoms in total. The van der Waals surface area contributed by atoms with Crippen molar-refractivity contribution in [3.8, 4) is 0 Å². The fourth-order valence-electron chi connectivity index (χ4n) is 1.99. The van der Waals surface area contributed by atoms with Crippen molar-refractivity contribution in [3.05, 3.63) is 34.4 Å². The zero-order valence-electron chi connectivity index (χ0n) is 7.65. The summed E-state index contributed by atoms with van der Waals surface area (Å²) in [5.41, 5.74) is 6.43. The van der Waals surface area contributed by atoms with Crippen molar-refractivity contribution in [3.63, 3.8) is 0 Å². The van der Waals surface area contributed by atoms with Gasteiger partial charge in [0.2, 0.25) is 0 Å². The molecule has 0 unspecified atom stereocenters. The third-order valence-corrected chi connectivity index (χ3v) is 2.97. The molecule has 2 rings (SSSR count). The summed E-state index contributed by atoms with van der Waals surface area (Å²) in [6.07, 6.45) is 0. The average Bonchev–Trinajstić information content (AvgIpc) is 2.46. The van der Waals surface area contributed by atoms with E-state index in [1.165, 1.54) is 11.1 Å². The minimum Gasteiger partial charge on any atom is -0.0587 e.